The molecule has 1 fully saturated rings. The molecule has 2 N–H and O–H groups in total. The van der Waals surface area contributed by atoms with Crippen LogP contribution in [0.1, 0.15) is 38.7 Å². The van der Waals surface area contributed by atoms with Crippen molar-refractivity contribution in [3.8, 4) is 0 Å². The highest BCUT2D eigenvalue weighted by atomic mass is 35.5. The predicted molar refractivity (Wildman–Crippen MR) is 80.8 cm³/mol. The van der Waals surface area contributed by atoms with Gasteiger partial charge in [0.1, 0.15) is 0 Å². The molecule has 2 unspecified atom stereocenters. The average molecular weight is 296 g/mol. The molecule has 0 aliphatic heterocycles. The van der Waals surface area contributed by atoms with E-state index in [1.54, 1.807) is 0 Å². The highest BCUT2D eigenvalue weighted by Gasteiger charge is 2.32. The van der Waals surface area contributed by atoms with E-state index < -0.39 is 6.10 Å². The molecule has 1 amide bonds. The number of halogens is 1. The zero-order chi connectivity index (χ0) is 14.8. The lowest BCUT2D eigenvalue weighted by Gasteiger charge is -2.27. The van der Waals surface area contributed by atoms with Gasteiger partial charge >= 0.3 is 0 Å². The Morgan fingerprint density at radius 1 is 1.45 bits per heavy atom. The van der Waals surface area contributed by atoms with E-state index in [1.165, 1.54) is 0 Å². The molecule has 1 aromatic rings. The maximum absolute atomic E-state index is 12.1. The molecule has 20 heavy (non-hydrogen) atoms. The summed E-state index contributed by atoms with van der Waals surface area (Å²) in [7, 11) is 0. The number of rotatable bonds is 4. The van der Waals surface area contributed by atoms with Crippen LogP contribution in [0.25, 0.3) is 0 Å². The minimum absolute atomic E-state index is 0.0369. The molecule has 2 atom stereocenters. The van der Waals surface area contributed by atoms with Crippen molar-refractivity contribution >= 4 is 17.5 Å². The van der Waals surface area contributed by atoms with Gasteiger partial charge in [-0.1, -0.05) is 37.6 Å². The molecule has 0 bridgehead atoms. The monoisotopic (exact) mass is 295 g/mol. The van der Waals surface area contributed by atoms with E-state index in [-0.39, 0.29) is 17.2 Å². The number of hydrogen-bond donors (Lipinski definition) is 2. The van der Waals surface area contributed by atoms with Crippen molar-refractivity contribution in [1.29, 1.82) is 0 Å². The Morgan fingerprint density at radius 2 is 2.20 bits per heavy atom. The summed E-state index contributed by atoms with van der Waals surface area (Å²) < 4.78 is 0. The molecule has 0 saturated heterocycles. The molecule has 1 saturated carbocycles. The molecular weight excluding hydrogens is 274 g/mol. The Morgan fingerprint density at radius 3 is 2.80 bits per heavy atom. The standard InChI is InChI=1S/C16H22ClNO2/c1-16(2,11-5-3-6-12(17)9-11)10-18-15(20)13-7-4-8-14(13)19/h3,5-6,9,13-14,19H,4,7-8,10H2,1-2H3,(H,18,20). The fourth-order valence-electron chi connectivity index (χ4n) is 2.70. The smallest absolute Gasteiger partial charge is 0.225 e. The minimum atomic E-state index is -0.482. The lowest BCUT2D eigenvalue weighted by atomic mass is 9.84. The summed E-state index contributed by atoms with van der Waals surface area (Å²) in [4.78, 5) is 12.1. The topological polar surface area (TPSA) is 49.3 Å². The van der Waals surface area contributed by atoms with Gasteiger partial charge in [-0.3, -0.25) is 4.79 Å². The van der Waals surface area contributed by atoms with E-state index in [9.17, 15) is 9.90 Å². The van der Waals surface area contributed by atoms with Gasteiger partial charge in [-0.25, -0.2) is 0 Å². The fraction of sp³-hybridized carbons (Fsp3) is 0.562. The van der Waals surface area contributed by atoms with Gasteiger partial charge < -0.3 is 10.4 Å². The molecule has 0 aromatic heterocycles. The highest BCUT2D eigenvalue weighted by molar-refractivity contribution is 6.30. The molecule has 3 nitrogen and oxygen atoms in total. The van der Waals surface area contributed by atoms with Crippen LogP contribution in [0, 0.1) is 5.92 Å². The number of aliphatic hydroxyl groups is 1. The summed E-state index contributed by atoms with van der Waals surface area (Å²) in [5.74, 6) is -0.282. The number of nitrogens with one attached hydrogen (secondary N) is 1. The number of carbonyl (C=O) groups is 1. The summed E-state index contributed by atoms with van der Waals surface area (Å²) in [6.07, 6.45) is 1.96. The summed E-state index contributed by atoms with van der Waals surface area (Å²) >= 11 is 6.02. The van der Waals surface area contributed by atoms with E-state index in [1.807, 2.05) is 24.3 Å². The predicted octanol–water partition coefficient (Wildman–Crippen LogP) is 2.89. The third-order valence-electron chi connectivity index (χ3n) is 4.13. The molecule has 4 heteroatoms. The molecule has 0 spiro atoms. The number of amides is 1. The second-order valence-corrected chi connectivity index (χ2v) is 6.65. The molecule has 1 aliphatic carbocycles. The van der Waals surface area contributed by atoms with Gasteiger partial charge in [-0.05, 0) is 37.0 Å². The van der Waals surface area contributed by atoms with Crippen LogP contribution < -0.4 is 5.32 Å². The third kappa shape index (κ3) is 3.53. The largest absolute Gasteiger partial charge is 0.392 e. The van der Waals surface area contributed by atoms with E-state index in [0.717, 1.165) is 24.8 Å². The molecule has 1 aromatic carbocycles. The Kier molecular flexibility index (Phi) is 4.71. The van der Waals surface area contributed by atoms with Crippen molar-refractivity contribution in [3.05, 3.63) is 34.9 Å². The minimum Gasteiger partial charge on any atom is -0.392 e. The lowest BCUT2D eigenvalue weighted by molar-refractivity contribution is -0.127. The first kappa shape index (κ1) is 15.3. The van der Waals surface area contributed by atoms with E-state index in [2.05, 4.69) is 19.2 Å². The molecule has 0 heterocycles. The van der Waals surface area contributed by atoms with Gasteiger partial charge in [0.2, 0.25) is 5.91 Å². The van der Waals surface area contributed by atoms with Crippen LogP contribution in [0.2, 0.25) is 5.02 Å². The second-order valence-electron chi connectivity index (χ2n) is 6.22. The fourth-order valence-corrected chi connectivity index (χ4v) is 2.89. The summed E-state index contributed by atoms with van der Waals surface area (Å²) in [6, 6.07) is 7.71. The van der Waals surface area contributed by atoms with Gasteiger partial charge in [0, 0.05) is 17.0 Å². The lowest BCUT2D eigenvalue weighted by Crippen LogP contribution is -2.41. The average Bonchev–Trinajstić information content (AvgIpc) is 2.82. The Balaban J connectivity index is 1.97. The van der Waals surface area contributed by atoms with Crippen molar-refractivity contribution in [1.82, 2.24) is 5.32 Å². The van der Waals surface area contributed by atoms with Crippen molar-refractivity contribution in [2.45, 2.75) is 44.6 Å². The van der Waals surface area contributed by atoms with Gasteiger partial charge in [0.25, 0.3) is 0 Å². The number of hydrogen-bond acceptors (Lipinski definition) is 2. The summed E-state index contributed by atoms with van der Waals surface area (Å²) in [5, 5.41) is 13.4. The molecule has 110 valence electrons. The maximum Gasteiger partial charge on any atom is 0.225 e. The van der Waals surface area contributed by atoms with E-state index >= 15 is 0 Å². The zero-order valence-corrected chi connectivity index (χ0v) is 12.8. The van der Waals surface area contributed by atoms with Crippen LogP contribution in [0.15, 0.2) is 24.3 Å². The van der Waals surface area contributed by atoms with Gasteiger partial charge in [0.05, 0.1) is 12.0 Å². The van der Waals surface area contributed by atoms with Crippen LogP contribution in [0.5, 0.6) is 0 Å². The van der Waals surface area contributed by atoms with Crippen LogP contribution in [0.3, 0.4) is 0 Å². The maximum atomic E-state index is 12.1. The van der Waals surface area contributed by atoms with Crippen molar-refractivity contribution in [2.75, 3.05) is 6.54 Å². The SMILES string of the molecule is CC(C)(CNC(=O)C1CCCC1O)c1cccc(Cl)c1. The van der Waals surface area contributed by atoms with Crippen molar-refractivity contribution in [3.63, 3.8) is 0 Å². The molecule has 0 radical (unpaired) electrons. The van der Waals surface area contributed by atoms with Gasteiger partial charge in [-0.15, -0.1) is 0 Å². The number of benzene rings is 1. The normalized spacial score (nSPS) is 22.8. The Hall–Kier alpha value is -1.06. The first-order valence-electron chi connectivity index (χ1n) is 7.12. The Bertz CT molecular complexity index is 487. The molecule has 1 aliphatic rings. The quantitative estimate of drug-likeness (QED) is 0.897. The van der Waals surface area contributed by atoms with Crippen molar-refractivity contribution in [2.24, 2.45) is 5.92 Å². The number of aliphatic hydroxyl groups excluding tert-OH is 1. The second kappa shape index (κ2) is 6.15. The first-order chi connectivity index (χ1) is 9.40. The van der Waals surface area contributed by atoms with Crippen LogP contribution in [-0.4, -0.2) is 23.7 Å². The van der Waals surface area contributed by atoms with Crippen LogP contribution in [0.4, 0.5) is 0 Å². The third-order valence-corrected chi connectivity index (χ3v) is 4.36. The summed E-state index contributed by atoms with van der Waals surface area (Å²) in [6.45, 7) is 4.68. The van der Waals surface area contributed by atoms with Gasteiger partial charge in [0.15, 0.2) is 0 Å². The molecular formula is C16H22ClNO2. The first-order valence-corrected chi connectivity index (χ1v) is 7.50. The Labute approximate surface area is 125 Å². The summed E-state index contributed by atoms with van der Waals surface area (Å²) in [5.41, 5.74) is 0.904. The number of carbonyl (C=O) groups excluding carboxylic acids is 1. The van der Waals surface area contributed by atoms with Crippen LogP contribution >= 0.6 is 11.6 Å². The molecule has 2 rings (SSSR count). The highest BCUT2D eigenvalue weighted by Crippen LogP contribution is 2.27. The van der Waals surface area contributed by atoms with Crippen molar-refractivity contribution < 1.29 is 9.90 Å². The van der Waals surface area contributed by atoms with E-state index in [4.69, 9.17) is 11.6 Å². The zero-order valence-electron chi connectivity index (χ0n) is 12.0. The van der Waals surface area contributed by atoms with Gasteiger partial charge in [-0.2, -0.15) is 0 Å². The van der Waals surface area contributed by atoms with Crippen LogP contribution in [-0.2, 0) is 10.2 Å². The van der Waals surface area contributed by atoms with E-state index in [0.29, 0.717) is 11.6 Å².